The van der Waals surface area contributed by atoms with E-state index >= 15 is 0 Å². The molecule has 5 rings (SSSR count). The summed E-state index contributed by atoms with van der Waals surface area (Å²) in [6.45, 7) is 3.27. The number of hydrogen-bond acceptors (Lipinski definition) is 5. The Balaban J connectivity index is 1.18. The summed E-state index contributed by atoms with van der Waals surface area (Å²) in [5, 5.41) is 3.25. The number of nitrogens with one attached hydrogen (secondary N) is 1. The number of halogens is 3. The summed E-state index contributed by atoms with van der Waals surface area (Å²) in [6.07, 6.45) is 6.91. The standard InChI is InChI=1S/C32H30BrCl2N5O4/c1-20-30(33)40-17-5-6-26(31(40)37-20)44-19-23-24(34)12-13-25(29(23)35)38(2)28(42)18-36-27(41)14-9-21-7-10-22(11-8-21)32(43)39-15-3-4-16-39/h5-14,17H,3-4,15-16,18-19H2,1-2H3,(H,36,41)/b14-9+. The fraction of sp³-hybridized carbons (Fsp3) is 0.250. The molecule has 0 radical (unpaired) electrons. The minimum absolute atomic E-state index is 0.0225. The molecule has 9 nitrogen and oxygen atoms in total. The van der Waals surface area contributed by atoms with Crippen molar-refractivity contribution in [3.8, 4) is 5.75 Å². The first kappa shape index (κ1) is 31.6. The molecule has 228 valence electrons. The van der Waals surface area contributed by atoms with Gasteiger partial charge in [-0.2, -0.15) is 0 Å². The van der Waals surface area contributed by atoms with Gasteiger partial charge >= 0.3 is 0 Å². The first-order valence-corrected chi connectivity index (χ1v) is 15.5. The van der Waals surface area contributed by atoms with Crippen molar-refractivity contribution in [1.29, 1.82) is 0 Å². The average molecular weight is 699 g/mol. The van der Waals surface area contributed by atoms with E-state index in [0.717, 1.165) is 41.8 Å². The molecular formula is C32H30BrCl2N5O4. The van der Waals surface area contributed by atoms with Crippen molar-refractivity contribution in [1.82, 2.24) is 19.6 Å². The number of imidazole rings is 1. The molecule has 4 aromatic rings. The summed E-state index contributed by atoms with van der Waals surface area (Å²) in [4.78, 5) is 45.7. The van der Waals surface area contributed by atoms with Crippen molar-refractivity contribution in [2.24, 2.45) is 0 Å². The molecule has 0 atom stereocenters. The van der Waals surface area contributed by atoms with Gasteiger partial charge in [0.05, 0.1) is 22.9 Å². The largest absolute Gasteiger partial charge is 0.485 e. The molecule has 0 saturated carbocycles. The number of nitrogens with zero attached hydrogens (tertiary/aromatic N) is 4. The van der Waals surface area contributed by atoms with Crippen LogP contribution in [0.15, 0.2) is 65.4 Å². The molecule has 0 bridgehead atoms. The fourth-order valence-electron chi connectivity index (χ4n) is 4.85. The van der Waals surface area contributed by atoms with Crippen LogP contribution >= 0.6 is 39.1 Å². The first-order chi connectivity index (χ1) is 21.1. The van der Waals surface area contributed by atoms with E-state index in [9.17, 15) is 14.4 Å². The number of benzene rings is 2. The van der Waals surface area contributed by atoms with E-state index < -0.39 is 5.91 Å². The van der Waals surface area contributed by atoms with Gasteiger partial charge in [0.1, 0.15) is 11.2 Å². The molecule has 0 aliphatic carbocycles. The number of rotatable bonds is 9. The Morgan fingerprint density at radius 3 is 2.55 bits per heavy atom. The number of aryl methyl sites for hydroxylation is 1. The van der Waals surface area contributed by atoms with Gasteiger partial charge in [-0.1, -0.05) is 35.3 Å². The topological polar surface area (TPSA) is 96.2 Å². The van der Waals surface area contributed by atoms with Gasteiger partial charge in [-0.15, -0.1) is 0 Å². The van der Waals surface area contributed by atoms with Gasteiger partial charge in [0, 0.05) is 48.6 Å². The second-order valence-electron chi connectivity index (χ2n) is 10.3. The van der Waals surface area contributed by atoms with Crippen molar-refractivity contribution in [2.75, 3.05) is 31.6 Å². The lowest BCUT2D eigenvalue weighted by molar-refractivity contribution is -0.122. The highest BCUT2D eigenvalue weighted by Crippen LogP contribution is 2.35. The van der Waals surface area contributed by atoms with E-state index in [0.29, 0.717) is 33.2 Å². The zero-order valence-corrected chi connectivity index (χ0v) is 27.2. The van der Waals surface area contributed by atoms with E-state index in [1.54, 1.807) is 55.6 Å². The zero-order valence-electron chi connectivity index (χ0n) is 24.1. The van der Waals surface area contributed by atoms with Crippen LogP contribution < -0.4 is 15.0 Å². The van der Waals surface area contributed by atoms with E-state index in [1.807, 2.05) is 28.5 Å². The van der Waals surface area contributed by atoms with Crippen LogP contribution in [0, 0.1) is 6.92 Å². The van der Waals surface area contributed by atoms with Gasteiger partial charge in [0.2, 0.25) is 11.8 Å². The quantitative estimate of drug-likeness (QED) is 0.207. The van der Waals surface area contributed by atoms with Crippen molar-refractivity contribution in [3.63, 3.8) is 0 Å². The van der Waals surface area contributed by atoms with E-state index in [-0.39, 0.29) is 30.0 Å². The van der Waals surface area contributed by atoms with Gasteiger partial charge in [-0.05, 0) is 83.7 Å². The molecular weight excluding hydrogens is 669 g/mol. The second kappa shape index (κ2) is 13.8. The van der Waals surface area contributed by atoms with Crippen LogP contribution in [0.25, 0.3) is 11.7 Å². The summed E-state index contributed by atoms with van der Waals surface area (Å²) in [5.74, 6) is -0.245. The third-order valence-electron chi connectivity index (χ3n) is 7.38. The normalized spacial score (nSPS) is 13.1. The summed E-state index contributed by atoms with van der Waals surface area (Å²) >= 11 is 16.7. The minimum atomic E-state index is -0.435. The number of likely N-dealkylation sites (tertiary alicyclic amines) is 1. The van der Waals surface area contributed by atoms with Gasteiger partial charge in [0.15, 0.2) is 11.4 Å². The lowest BCUT2D eigenvalue weighted by atomic mass is 10.1. The molecule has 3 heterocycles. The van der Waals surface area contributed by atoms with Gasteiger partial charge in [-0.3, -0.25) is 18.8 Å². The smallest absolute Gasteiger partial charge is 0.253 e. The van der Waals surface area contributed by atoms with E-state index in [4.69, 9.17) is 27.9 Å². The van der Waals surface area contributed by atoms with E-state index in [1.165, 1.54) is 11.0 Å². The zero-order chi connectivity index (χ0) is 31.4. The third kappa shape index (κ3) is 6.93. The highest BCUT2D eigenvalue weighted by Gasteiger charge is 2.21. The fourth-order valence-corrected chi connectivity index (χ4v) is 5.83. The van der Waals surface area contributed by atoms with Crippen LogP contribution in [0.5, 0.6) is 5.75 Å². The molecule has 44 heavy (non-hydrogen) atoms. The van der Waals surface area contributed by atoms with Crippen molar-refractivity contribution >= 4 is 74.3 Å². The Kier molecular flexibility index (Phi) is 9.93. The highest BCUT2D eigenvalue weighted by molar-refractivity contribution is 9.10. The average Bonchev–Trinajstić information content (AvgIpc) is 3.67. The summed E-state index contributed by atoms with van der Waals surface area (Å²) in [7, 11) is 1.57. The number of likely N-dealkylation sites (N-methyl/N-ethyl adjacent to an activating group) is 1. The Morgan fingerprint density at radius 2 is 1.82 bits per heavy atom. The lowest BCUT2D eigenvalue weighted by Gasteiger charge is -2.21. The van der Waals surface area contributed by atoms with Gasteiger partial charge < -0.3 is 19.9 Å². The third-order valence-corrected chi connectivity index (χ3v) is 9.11. The van der Waals surface area contributed by atoms with Crippen LogP contribution in [0.2, 0.25) is 10.0 Å². The molecule has 1 aliphatic rings. The van der Waals surface area contributed by atoms with Gasteiger partial charge in [-0.25, -0.2) is 4.98 Å². The maximum Gasteiger partial charge on any atom is 0.253 e. The number of pyridine rings is 1. The molecule has 0 unspecified atom stereocenters. The molecule has 1 saturated heterocycles. The summed E-state index contributed by atoms with van der Waals surface area (Å²) < 4.78 is 8.76. The Morgan fingerprint density at radius 1 is 1.09 bits per heavy atom. The van der Waals surface area contributed by atoms with Crippen LogP contribution in [-0.4, -0.2) is 58.7 Å². The molecule has 12 heteroatoms. The Bertz CT molecular complexity index is 1750. The minimum Gasteiger partial charge on any atom is -0.485 e. The predicted molar refractivity (Wildman–Crippen MR) is 175 cm³/mol. The first-order valence-electron chi connectivity index (χ1n) is 14.0. The Hall–Kier alpha value is -3.86. The monoisotopic (exact) mass is 697 g/mol. The number of anilines is 1. The lowest BCUT2D eigenvalue weighted by Crippen LogP contribution is -2.37. The molecule has 3 amide bonds. The van der Waals surface area contributed by atoms with Gasteiger partial charge in [0.25, 0.3) is 5.91 Å². The maximum atomic E-state index is 13.0. The molecule has 0 spiro atoms. The molecule has 1 N–H and O–H groups in total. The van der Waals surface area contributed by atoms with Crippen LogP contribution in [0.1, 0.15) is 40.0 Å². The van der Waals surface area contributed by atoms with Crippen molar-refractivity contribution in [2.45, 2.75) is 26.4 Å². The molecule has 2 aromatic heterocycles. The number of fused-ring (bicyclic) bond motifs is 1. The van der Waals surface area contributed by atoms with Crippen LogP contribution in [-0.2, 0) is 16.2 Å². The van der Waals surface area contributed by atoms with Crippen LogP contribution in [0.4, 0.5) is 5.69 Å². The molecule has 1 fully saturated rings. The number of amides is 3. The summed E-state index contributed by atoms with van der Waals surface area (Å²) in [5.41, 5.74) is 3.77. The number of hydrogen-bond donors (Lipinski definition) is 1. The number of carbonyl (C=O) groups is 3. The Labute approximate surface area is 273 Å². The summed E-state index contributed by atoms with van der Waals surface area (Å²) in [6, 6.07) is 14.0. The highest BCUT2D eigenvalue weighted by atomic mass is 79.9. The predicted octanol–water partition coefficient (Wildman–Crippen LogP) is 6.32. The maximum absolute atomic E-state index is 13.0. The van der Waals surface area contributed by atoms with Crippen molar-refractivity contribution < 1.29 is 19.1 Å². The number of aromatic nitrogens is 2. The SMILES string of the molecule is Cc1nc2c(OCc3c(Cl)ccc(N(C)C(=O)CNC(=O)/C=C/c4ccc(C(=O)N5CCCC5)cc4)c3Cl)cccn2c1Br. The molecule has 1 aliphatic heterocycles. The van der Waals surface area contributed by atoms with Crippen LogP contribution in [0.3, 0.4) is 0 Å². The number of ether oxygens (including phenoxy) is 1. The second-order valence-corrected chi connectivity index (χ2v) is 11.9. The molecule has 2 aromatic carbocycles. The van der Waals surface area contributed by atoms with E-state index in [2.05, 4.69) is 26.2 Å². The van der Waals surface area contributed by atoms with Crippen molar-refractivity contribution in [3.05, 3.63) is 97.8 Å². The number of carbonyl (C=O) groups excluding carboxylic acids is 3.